The van der Waals surface area contributed by atoms with Gasteiger partial charge in [0.2, 0.25) is 15.9 Å². The van der Waals surface area contributed by atoms with Gasteiger partial charge < -0.3 is 20.1 Å². The predicted molar refractivity (Wildman–Crippen MR) is 152 cm³/mol. The molecule has 1 saturated carbocycles. The first-order valence-electron chi connectivity index (χ1n) is 14.2. The molecule has 1 amide bonds. The number of nitrogens with two attached hydrogens (primary N) is 1. The first-order valence-corrected chi connectivity index (χ1v) is 15.6. The summed E-state index contributed by atoms with van der Waals surface area (Å²) in [6, 6.07) is 15.8. The van der Waals surface area contributed by atoms with Crippen LogP contribution in [0.5, 0.6) is 0 Å². The molecule has 9 nitrogen and oxygen atoms in total. The summed E-state index contributed by atoms with van der Waals surface area (Å²) >= 11 is 0. The van der Waals surface area contributed by atoms with Crippen LogP contribution >= 0.6 is 0 Å². The number of carbonyl (C=O) groups is 2. The maximum atomic E-state index is 13.8. The Kier molecular flexibility index (Phi) is 10.7. The van der Waals surface area contributed by atoms with Crippen molar-refractivity contribution in [3.8, 4) is 0 Å². The van der Waals surface area contributed by atoms with E-state index in [2.05, 4.69) is 0 Å². The van der Waals surface area contributed by atoms with E-state index in [1.54, 1.807) is 30.3 Å². The number of hydrogen-bond donors (Lipinski definition) is 1. The van der Waals surface area contributed by atoms with Gasteiger partial charge in [0.1, 0.15) is 6.04 Å². The van der Waals surface area contributed by atoms with Gasteiger partial charge in [-0.1, -0.05) is 67.8 Å². The van der Waals surface area contributed by atoms with Crippen LogP contribution in [0.1, 0.15) is 50.5 Å². The maximum Gasteiger partial charge on any atom is 0.328 e. The van der Waals surface area contributed by atoms with Crippen molar-refractivity contribution in [1.29, 1.82) is 0 Å². The number of carbonyl (C=O) groups excluding carboxylic acids is 2. The van der Waals surface area contributed by atoms with Gasteiger partial charge in [0.25, 0.3) is 0 Å². The maximum absolute atomic E-state index is 13.8. The van der Waals surface area contributed by atoms with Gasteiger partial charge in [-0.05, 0) is 49.3 Å². The molecule has 1 saturated heterocycles. The SMILES string of the molecule is COC(=O)[C@@H]1C[C@@H](N(CCCOCc2ccccc2)S(=O)(=O)c2ccccc2)CN1C(=O)[C@@H](N)C1CCCCC1. The number of ether oxygens (including phenoxy) is 2. The minimum atomic E-state index is -3.91. The number of rotatable bonds is 12. The van der Waals surface area contributed by atoms with Gasteiger partial charge in [0, 0.05) is 25.7 Å². The van der Waals surface area contributed by atoms with Crippen molar-refractivity contribution < 1.29 is 27.5 Å². The molecule has 0 aromatic heterocycles. The number of likely N-dealkylation sites (tertiary alicyclic amines) is 1. The monoisotopic (exact) mass is 571 g/mol. The lowest BCUT2D eigenvalue weighted by molar-refractivity contribution is -0.151. The van der Waals surface area contributed by atoms with Crippen molar-refractivity contribution in [1.82, 2.24) is 9.21 Å². The third-order valence-electron chi connectivity index (χ3n) is 8.01. The summed E-state index contributed by atoms with van der Waals surface area (Å²) in [5.74, 6) is -0.812. The molecule has 40 heavy (non-hydrogen) atoms. The topological polar surface area (TPSA) is 119 Å². The third-order valence-corrected chi connectivity index (χ3v) is 9.98. The lowest BCUT2D eigenvalue weighted by Gasteiger charge is -2.32. The van der Waals surface area contributed by atoms with Crippen LogP contribution in [0.25, 0.3) is 0 Å². The number of amides is 1. The van der Waals surface area contributed by atoms with Crippen LogP contribution in [-0.2, 0) is 35.7 Å². The quantitative estimate of drug-likeness (QED) is 0.307. The Morgan fingerprint density at radius 2 is 1.68 bits per heavy atom. The minimum absolute atomic E-state index is 0.0597. The molecule has 0 bridgehead atoms. The number of methoxy groups -OCH3 is 1. The molecular weight excluding hydrogens is 530 g/mol. The number of hydrogen-bond acceptors (Lipinski definition) is 7. The van der Waals surface area contributed by atoms with Gasteiger partial charge in [0.05, 0.1) is 24.7 Å². The molecule has 10 heteroatoms. The zero-order chi connectivity index (χ0) is 28.5. The van der Waals surface area contributed by atoms with Gasteiger partial charge in [-0.2, -0.15) is 4.31 Å². The second-order valence-electron chi connectivity index (χ2n) is 10.7. The molecule has 2 aliphatic rings. The Bertz CT molecular complexity index is 1200. The molecule has 2 aromatic rings. The van der Waals surface area contributed by atoms with E-state index in [1.807, 2.05) is 30.3 Å². The average molecular weight is 572 g/mol. The number of sulfonamides is 1. The molecule has 0 radical (unpaired) electrons. The van der Waals surface area contributed by atoms with E-state index in [1.165, 1.54) is 16.3 Å². The fourth-order valence-corrected chi connectivity index (χ4v) is 7.51. The molecule has 4 rings (SSSR count). The summed E-state index contributed by atoms with van der Waals surface area (Å²) in [5.41, 5.74) is 7.48. The Hall–Kier alpha value is -2.79. The molecule has 1 aliphatic carbocycles. The van der Waals surface area contributed by atoms with Crippen molar-refractivity contribution >= 4 is 21.9 Å². The molecule has 0 unspecified atom stereocenters. The molecule has 2 fully saturated rings. The Morgan fingerprint density at radius 1 is 1.02 bits per heavy atom. The highest BCUT2D eigenvalue weighted by atomic mass is 32.2. The van der Waals surface area contributed by atoms with Gasteiger partial charge in [-0.3, -0.25) is 4.79 Å². The summed E-state index contributed by atoms with van der Waals surface area (Å²) in [6.07, 6.45) is 5.55. The highest BCUT2D eigenvalue weighted by Gasteiger charge is 2.47. The fraction of sp³-hybridized carbons (Fsp3) is 0.533. The molecule has 1 aliphatic heterocycles. The summed E-state index contributed by atoms with van der Waals surface area (Å²) in [5, 5.41) is 0. The van der Waals surface area contributed by atoms with Crippen molar-refractivity contribution in [3.05, 3.63) is 66.2 Å². The number of esters is 1. The van der Waals surface area contributed by atoms with E-state index >= 15 is 0 Å². The number of nitrogens with zero attached hydrogens (tertiary/aromatic N) is 2. The first kappa shape index (κ1) is 30.2. The van der Waals surface area contributed by atoms with Crippen LogP contribution in [-0.4, -0.2) is 74.4 Å². The summed E-state index contributed by atoms with van der Waals surface area (Å²) in [6.45, 7) is 1.05. The van der Waals surface area contributed by atoms with Crippen molar-refractivity contribution in [2.45, 2.75) is 74.6 Å². The zero-order valence-electron chi connectivity index (χ0n) is 23.2. The standard InChI is InChI=1S/C30H41N3O6S/c1-38-30(35)27-20-25(21-32(27)29(34)28(31)24-14-7-3-8-15-24)33(40(36,37)26-16-9-4-10-17-26)18-11-19-39-22-23-12-5-2-6-13-23/h2,4-6,9-10,12-13,16-17,24-25,27-28H,3,7-8,11,14-15,18-22,31H2,1H3/t25-,27+,28+/m1/s1. The van der Waals surface area contributed by atoms with Gasteiger partial charge in [0.15, 0.2) is 0 Å². The lowest BCUT2D eigenvalue weighted by Crippen LogP contribution is -2.52. The van der Waals surface area contributed by atoms with Gasteiger partial charge in [-0.25, -0.2) is 13.2 Å². The molecule has 2 aromatic carbocycles. The predicted octanol–water partition coefficient (Wildman–Crippen LogP) is 3.33. The van der Waals surface area contributed by atoms with Crippen LogP contribution in [0.4, 0.5) is 0 Å². The largest absolute Gasteiger partial charge is 0.467 e. The van der Waals surface area contributed by atoms with Crippen LogP contribution in [0.3, 0.4) is 0 Å². The van der Waals surface area contributed by atoms with Crippen molar-refractivity contribution in [2.24, 2.45) is 11.7 Å². The van der Waals surface area contributed by atoms with E-state index in [0.29, 0.717) is 19.6 Å². The summed E-state index contributed by atoms with van der Waals surface area (Å²) in [7, 11) is -2.63. The smallest absolute Gasteiger partial charge is 0.328 e. The van der Waals surface area contributed by atoms with E-state index in [4.69, 9.17) is 15.2 Å². The van der Waals surface area contributed by atoms with Crippen LogP contribution in [0, 0.1) is 5.92 Å². The second-order valence-corrected chi connectivity index (χ2v) is 12.6. The molecule has 3 atom stereocenters. The second kappa shape index (κ2) is 14.2. The lowest BCUT2D eigenvalue weighted by atomic mass is 9.83. The average Bonchev–Trinajstić information content (AvgIpc) is 3.44. The Labute approximate surface area is 237 Å². The highest BCUT2D eigenvalue weighted by molar-refractivity contribution is 7.89. The fourth-order valence-electron chi connectivity index (χ4n) is 5.83. The number of benzene rings is 2. The Morgan fingerprint density at radius 3 is 2.33 bits per heavy atom. The zero-order valence-corrected chi connectivity index (χ0v) is 24.0. The molecule has 2 N–H and O–H groups in total. The molecule has 0 spiro atoms. The summed E-state index contributed by atoms with van der Waals surface area (Å²) in [4.78, 5) is 28.0. The van der Waals surface area contributed by atoms with E-state index in [0.717, 1.165) is 37.7 Å². The van der Waals surface area contributed by atoms with Gasteiger partial charge in [-0.15, -0.1) is 0 Å². The van der Waals surface area contributed by atoms with E-state index < -0.39 is 34.1 Å². The van der Waals surface area contributed by atoms with E-state index in [-0.39, 0.29) is 36.2 Å². The first-order chi connectivity index (χ1) is 19.3. The third kappa shape index (κ3) is 7.28. The van der Waals surface area contributed by atoms with E-state index in [9.17, 15) is 18.0 Å². The molecular formula is C30H41N3O6S. The highest BCUT2D eigenvalue weighted by Crippen LogP contribution is 2.31. The summed E-state index contributed by atoms with van der Waals surface area (Å²) < 4.78 is 40.0. The van der Waals surface area contributed by atoms with Crippen LogP contribution < -0.4 is 5.73 Å². The van der Waals surface area contributed by atoms with Crippen LogP contribution in [0.2, 0.25) is 0 Å². The van der Waals surface area contributed by atoms with Crippen LogP contribution in [0.15, 0.2) is 65.6 Å². The molecule has 218 valence electrons. The minimum Gasteiger partial charge on any atom is -0.467 e. The Balaban J connectivity index is 1.51. The normalized spacial score (nSPS) is 20.9. The van der Waals surface area contributed by atoms with Gasteiger partial charge >= 0.3 is 5.97 Å². The molecule has 1 heterocycles. The van der Waals surface area contributed by atoms with Crippen molar-refractivity contribution in [2.75, 3.05) is 26.8 Å². The van der Waals surface area contributed by atoms with Crippen molar-refractivity contribution in [3.63, 3.8) is 0 Å².